The zero-order chi connectivity index (χ0) is 17.6. The van der Waals surface area contributed by atoms with E-state index in [1.807, 2.05) is 11.1 Å². The molecule has 0 aromatic carbocycles. The standard InChI is InChI=1S/C19H32N4O2/c1-16(24)22-8-3-4-17(14-22)15-23-11-7-20-19(23)18-5-9-21(10-6-18)12-13-25-2/h7,11,17-18H,3-6,8-10,12-15H2,1-2H3/t17-/m0/s1. The lowest BCUT2D eigenvalue weighted by Crippen LogP contribution is -2.40. The molecule has 140 valence electrons. The van der Waals surface area contributed by atoms with Crippen molar-refractivity contribution in [2.75, 3.05) is 46.4 Å². The van der Waals surface area contributed by atoms with Gasteiger partial charge in [0.05, 0.1) is 6.61 Å². The smallest absolute Gasteiger partial charge is 0.219 e. The van der Waals surface area contributed by atoms with E-state index in [0.29, 0.717) is 11.8 Å². The van der Waals surface area contributed by atoms with Crippen LogP contribution < -0.4 is 0 Å². The Morgan fingerprint density at radius 1 is 1.28 bits per heavy atom. The minimum Gasteiger partial charge on any atom is -0.383 e. The Morgan fingerprint density at radius 2 is 2.08 bits per heavy atom. The van der Waals surface area contributed by atoms with E-state index in [-0.39, 0.29) is 5.91 Å². The van der Waals surface area contributed by atoms with E-state index in [1.54, 1.807) is 14.0 Å². The highest BCUT2D eigenvalue weighted by Gasteiger charge is 2.26. The number of carbonyl (C=O) groups is 1. The number of hydrogen-bond donors (Lipinski definition) is 0. The molecule has 3 rings (SSSR count). The van der Waals surface area contributed by atoms with Gasteiger partial charge in [-0.3, -0.25) is 4.79 Å². The number of rotatable bonds is 6. The number of carbonyl (C=O) groups excluding carboxylic acids is 1. The van der Waals surface area contributed by atoms with Crippen molar-refractivity contribution in [3.63, 3.8) is 0 Å². The van der Waals surface area contributed by atoms with Crippen LogP contribution in [0.15, 0.2) is 12.4 Å². The van der Waals surface area contributed by atoms with Crippen LogP contribution in [0, 0.1) is 5.92 Å². The van der Waals surface area contributed by atoms with Crippen LogP contribution in [0.4, 0.5) is 0 Å². The number of amides is 1. The number of methoxy groups -OCH3 is 1. The van der Waals surface area contributed by atoms with Gasteiger partial charge >= 0.3 is 0 Å². The highest BCUT2D eigenvalue weighted by Crippen LogP contribution is 2.28. The van der Waals surface area contributed by atoms with E-state index in [2.05, 4.69) is 20.6 Å². The lowest BCUT2D eigenvalue weighted by molar-refractivity contribution is -0.130. The average molecular weight is 348 g/mol. The van der Waals surface area contributed by atoms with Crippen molar-refractivity contribution in [2.45, 2.75) is 45.1 Å². The van der Waals surface area contributed by atoms with Crippen LogP contribution in [0.1, 0.15) is 44.3 Å². The number of piperidine rings is 2. The van der Waals surface area contributed by atoms with Crippen molar-refractivity contribution in [3.05, 3.63) is 18.2 Å². The second-order valence-electron chi connectivity index (χ2n) is 7.52. The Morgan fingerprint density at radius 3 is 2.80 bits per heavy atom. The van der Waals surface area contributed by atoms with Gasteiger partial charge in [0, 0.05) is 58.5 Å². The van der Waals surface area contributed by atoms with Gasteiger partial charge in [-0.05, 0) is 44.7 Å². The summed E-state index contributed by atoms with van der Waals surface area (Å²) < 4.78 is 7.54. The van der Waals surface area contributed by atoms with Gasteiger partial charge in [-0.25, -0.2) is 4.98 Å². The van der Waals surface area contributed by atoms with E-state index < -0.39 is 0 Å². The Bertz CT molecular complexity index is 551. The van der Waals surface area contributed by atoms with Crippen molar-refractivity contribution in [1.82, 2.24) is 19.4 Å². The molecular weight excluding hydrogens is 316 g/mol. The largest absolute Gasteiger partial charge is 0.383 e. The summed E-state index contributed by atoms with van der Waals surface area (Å²) in [6.45, 7) is 8.58. The first-order chi connectivity index (χ1) is 12.2. The third-order valence-electron chi connectivity index (χ3n) is 5.73. The van der Waals surface area contributed by atoms with Gasteiger partial charge < -0.3 is 19.1 Å². The second-order valence-corrected chi connectivity index (χ2v) is 7.52. The fourth-order valence-corrected chi connectivity index (χ4v) is 4.25. The summed E-state index contributed by atoms with van der Waals surface area (Å²) in [5.41, 5.74) is 0. The van der Waals surface area contributed by atoms with Crippen molar-refractivity contribution < 1.29 is 9.53 Å². The van der Waals surface area contributed by atoms with E-state index in [4.69, 9.17) is 4.74 Å². The minimum atomic E-state index is 0.207. The summed E-state index contributed by atoms with van der Waals surface area (Å²) in [5, 5.41) is 0. The van der Waals surface area contributed by atoms with E-state index in [1.165, 1.54) is 25.1 Å². The van der Waals surface area contributed by atoms with Crippen LogP contribution in [-0.4, -0.2) is 71.7 Å². The Kier molecular flexibility index (Phi) is 6.48. The fourth-order valence-electron chi connectivity index (χ4n) is 4.25. The number of nitrogens with zero attached hydrogens (tertiary/aromatic N) is 4. The molecule has 6 heteroatoms. The van der Waals surface area contributed by atoms with Crippen molar-refractivity contribution in [3.8, 4) is 0 Å². The van der Waals surface area contributed by atoms with Crippen LogP contribution in [0.5, 0.6) is 0 Å². The topological polar surface area (TPSA) is 50.6 Å². The molecule has 25 heavy (non-hydrogen) atoms. The highest BCUT2D eigenvalue weighted by atomic mass is 16.5. The Hall–Kier alpha value is -1.40. The monoisotopic (exact) mass is 348 g/mol. The Labute approximate surface area is 151 Å². The number of likely N-dealkylation sites (tertiary alicyclic amines) is 2. The predicted octanol–water partition coefficient (Wildman–Crippen LogP) is 1.97. The third-order valence-corrected chi connectivity index (χ3v) is 5.73. The zero-order valence-electron chi connectivity index (χ0n) is 15.7. The summed E-state index contributed by atoms with van der Waals surface area (Å²) in [6.07, 6.45) is 8.73. The summed E-state index contributed by atoms with van der Waals surface area (Å²) in [5.74, 6) is 2.55. The molecule has 1 amide bonds. The molecule has 1 aromatic rings. The maximum atomic E-state index is 11.7. The number of imidazole rings is 1. The lowest BCUT2D eigenvalue weighted by atomic mass is 9.94. The molecule has 3 heterocycles. The molecule has 2 fully saturated rings. The number of hydrogen-bond acceptors (Lipinski definition) is 4. The molecule has 0 radical (unpaired) electrons. The van der Waals surface area contributed by atoms with Gasteiger partial charge in [-0.1, -0.05) is 0 Å². The average Bonchev–Trinajstić information content (AvgIpc) is 3.08. The molecule has 1 aromatic heterocycles. The normalized spacial score (nSPS) is 23.1. The summed E-state index contributed by atoms with van der Waals surface area (Å²) in [4.78, 5) is 20.8. The van der Waals surface area contributed by atoms with Crippen LogP contribution >= 0.6 is 0 Å². The quantitative estimate of drug-likeness (QED) is 0.789. The van der Waals surface area contributed by atoms with Gasteiger partial charge in [-0.2, -0.15) is 0 Å². The van der Waals surface area contributed by atoms with E-state index >= 15 is 0 Å². The summed E-state index contributed by atoms with van der Waals surface area (Å²) >= 11 is 0. The second kappa shape index (κ2) is 8.81. The van der Waals surface area contributed by atoms with Crippen LogP contribution in [0.2, 0.25) is 0 Å². The predicted molar refractivity (Wildman–Crippen MR) is 97.5 cm³/mol. The SMILES string of the molecule is COCCN1CCC(c2nccn2C[C@H]2CCCN(C(C)=O)C2)CC1. The molecule has 0 bridgehead atoms. The summed E-state index contributed by atoms with van der Waals surface area (Å²) in [6, 6.07) is 0. The number of ether oxygens (including phenoxy) is 1. The first-order valence-corrected chi connectivity index (χ1v) is 9.65. The first kappa shape index (κ1) is 18.4. The molecular formula is C19H32N4O2. The maximum Gasteiger partial charge on any atom is 0.219 e. The maximum absolute atomic E-state index is 11.7. The van der Waals surface area contributed by atoms with Gasteiger partial charge in [0.15, 0.2) is 0 Å². The molecule has 1 atom stereocenters. The third kappa shape index (κ3) is 4.82. The zero-order valence-corrected chi connectivity index (χ0v) is 15.7. The van der Waals surface area contributed by atoms with Gasteiger partial charge in [-0.15, -0.1) is 0 Å². The highest BCUT2D eigenvalue weighted by molar-refractivity contribution is 5.73. The summed E-state index contributed by atoms with van der Waals surface area (Å²) in [7, 11) is 1.77. The molecule has 6 nitrogen and oxygen atoms in total. The molecule has 0 aliphatic carbocycles. The number of aromatic nitrogens is 2. The van der Waals surface area contributed by atoms with Gasteiger partial charge in [0.1, 0.15) is 5.82 Å². The van der Waals surface area contributed by atoms with Crippen molar-refractivity contribution in [2.24, 2.45) is 5.92 Å². The molecule has 0 spiro atoms. The molecule has 0 unspecified atom stereocenters. The minimum absolute atomic E-state index is 0.207. The molecule has 2 aliphatic rings. The van der Waals surface area contributed by atoms with Gasteiger partial charge in [0.25, 0.3) is 0 Å². The molecule has 2 saturated heterocycles. The van der Waals surface area contributed by atoms with E-state index in [9.17, 15) is 4.79 Å². The van der Waals surface area contributed by atoms with Crippen molar-refractivity contribution in [1.29, 1.82) is 0 Å². The Balaban J connectivity index is 1.55. The molecule has 0 saturated carbocycles. The molecule has 0 N–H and O–H groups in total. The first-order valence-electron chi connectivity index (χ1n) is 9.65. The van der Waals surface area contributed by atoms with Crippen LogP contribution in [0.25, 0.3) is 0 Å². The van der Waals surface area contributed by atoms with E-state index in [0.717, 1.165) is 52.3 Å². The van der Waals surface area contributed by atoms with Crippen molar-refractivity contribution >= 4 is 5.91 Å². The fraction of sp³-hybridized carbons (Fsp3) is 0.789. The van der Waals surface area contributed by atoms with Crippen LogP contribution in [0.3, 0.4) is 0 Å². The lowest BCUT2D eigenvalue weighted by Gasteiger charge is -2.34. The van der Waals surface area contributed by atoms with Gasteiger partial charge in [0.2, 0.25) is 5.91 Å². The van der Waals surface area contributed by atoms with Crippen LogP contribution in [-0.2, 0) is 16.1 Å². The molecule has 2 aliphatic heterocycles.